The summed E-state index contributed by atoms with van der Waals surface area (Å²) in [5, 5.41) is 12.8. The molecule has 1 saturated heterocycles. The Morgan fingerprint density at radius 3 is 2.64 bits per heavy atom. The fourth-order valence-electron chi connectivity index (χ4n) is 4.82. The quantitative estimate of drug-likeness (QED) is 0.865. The highest BCUT2D eigenvalue weighted by atomic mass is 16.3. The van der Waals surface area contributed by atoms with Gasteiger partial charge in [-0.3, -0.25) is 4.79 Å². The van der Waals surface area contributed by atoms with Crippen molar-refractivity contribution in [3.63, 3.8) is 0 Å². The van der Waals surface area contributed by atoms with Crippen molar-refractivity contribution in [1.29, 1.82) is 0 Å². The fourth-order valence-corrected chi connectivity index (χ4v) is 4.82. The Hall–Kier alpha value is -1.39. The molecule has 4 rings (SSSR count). The molecule has 25 heavy (non-hydrogen) atoms. The number of rotatable bonds is 5. The molecule has 2 fully saturated rings. The second-order valence-corrected chi connectivity index (χ2v) is 8.65. The average molecular weight is 342 g/mol. The van der Waals surface area contributed by atoms with Gasteiger partial charge in [0.15, 0.2) is 0 Å². The van der Waals surface area contributed by atoms with E-state index >= 15 is 0 Å². The van der Waals surface area contributed by atoms with E-state index in [4.69, 9.17) is 0 Å². The molecule has 3 aliphatic rings. The second kappa shape index (κ2) is 6.73. The maximum Gasteiger partial charge on any atom is 0.223 e. The molecular formula is C21H30N2O2. The Balaban J connectivity index is 1.49. The van der Waals surface area contributed by atoms with Crippen LogP contribution in [0.1, 0.15) is 56.2 Å². The van der Waals surface area contributed by atoms with Gasteiger partial charge in [0.25, 0.3) is 0 Å². The summed E-state index contributed by atoms with van der Waals surface area (Å²) in [7, 11) is 0. The van der Waals surface area contributed by atoms with Crippen LogP contribution in [-0.4, -0.2) is 41.7 Å². The third kappa shape index (κ3) is 3.22. The molecule has 1 aromatic carbocycles. The van der Waals surface area contributed by atoms with Gasteiger partial charge in [0.05, 0.1) is 12.1 Å². The largest absolute Gasteiger partial charge is 0.393 e. The predicted octanol–water partition coefficient (Wildman–Crippen LogP) is 2.69. The standard InChI is InChI=1S/C21H30N2O2/c1-13(2)7-8-23-11-18-16-5-3-4-6-17(16)20(19(18)12-23)22-21(25)14-9-15(24)10-14/h3-6,13-15,18-20,24H,7-12H2,1-2H3,(H,22,25)/t14?,15?,18-,19-,20+/m0/s1. The van der Waals surface area contributed by atoms with Crippen LogP contribution in [0.3, 0.4) is 0 Å². The van der Waals surface area contributed by atoms with E-state index in [0.29, 0.717) is 24.7 Å². The van der Waals surface area contributed by atoms with Gasteiger partial charge >= 0.3 is 0 Å². The zero-order valence-electron chi connectivity index (χ0n) is 15.3. The monoisotopic (exact) mass is 342 g/mol. The summed E-state index contributed by atoms with van der Waals surface area (Å²) >= 11 is 0. The molecule has 1 amide bonds. The molecule has 0 aromatic heterocycles. The van der Waals surface area contributed by atoms with Gasteiger partial charge in [0, 0.05) is 30.8 Å². The van der Waals surface area contributed by atoms with Crippen molar-refractivity contribution < 1.29 is 9.90 Å². The molecule has 2 aliphatic carbocycles. The molecule has 1 aromatic rings. The van der Waals surface area contributed by atoms with E-state index in [9.17, 15) is 9.90 Å². The first-order chi connectivity index (χ1) is 12.0. The van der Waals surface area contributed by atoms with Gasteiger partial charge in [0.2, 0.25) is 5.91 Å². The summed E-state index contributed by atoms with van der Waals surface area (Å²) in [5.74, 6) is 1.89. The zero-order valence-corrected chi connectivity index (χ0v) is 15.3. The van der Waals surface area contributed by atoms with Gasteiger partial charge in [-0.15, -0.1) is 0 Å². The smallest absolute Gasteiger partial charge is 0.223 e. The van der Waals surface area contributed by atoms with Gasteiger partial charge in [-0.1, -0.05) is 38.1 Å². The third-order valence-electron chi connectivity index (χ3n) is 6.40. The number of carbonyl (C=O) groups excluding carboxylic acids is 1. The van der Waals surface area contributed by atoms with Crippen LogP contribution in [0.5, 0.6) is 0 Å². The molecular weight excluding hydrogens is 312 g/mol. The third-order valence-corrected chi connectivity index (χ3v) is 6.40. The molecule has 1 aliphatic heterocycles. The number of likely N-dealkylation sites (tertiary alicyclic amines) is 1. The lowest BCUT2D eigenvalue weighted by atomic mass is 9.81. The van der Waals surface area contributed by atoms with Gasteiger partial charge in [0.1, 0.15) is 0 Å². The second-order valence-electron chi connectivity index (χ2n) is 8.65. The van der Waals surface area contributed by atoms with E-state index in [0.717, 1.165) is 25.6 Å². The highest BCUT2D eigenvalue weighted by Crippen LogP contribution is 2.49. The van der Waals surface area contributed by atoms with Gasteiger partial charge < -0.3 is 15.3 Å². The first-order valence-electron chi connectivity index (χ1n) is 9.82. The molecule has 4 heteroatoms. The number of aliphatic hydroxyl groups is 1. The van der Waals surface area contributed by atoms with Crippen molar-refractivity contribution >= 4 is 5.91 Å². The van der Waals surface area contributed by atoms with Crippen LogP contribution < -0.4 is 5.32 Å². The van der Waals surface area contributed by atoms with Crippen LogP contribution in [0.25, 0.3) is 0 Å². The molecule has 0 unspecified atom stereocenters. The van der Waals surface area contributed by atoms with Crippen LogP contribution in [-0.2, 0) is 4.79 Å². The van der Waals surface area contributed by atoms with Crippen LogP contribution in [0.15, 0.2) is 24.3 Å². The van der Waals surface area contributed by atoms with Crippen molar-refractivity contribution in [2.75, 3.05) is 19.6 Å². The molecule has 1 heterocycles. The number of nitrogens with one attached hydrogen (secondary N) is 1. The summed E-state index contributed by atoms with van der Waals surface area (Å²) in [6.45, 7) is 7.90. The summed E-state index contributed by atoms with van der Waals surface area (Å²) in [6.07, 6.45) is 2.19. The Morgan fingerprint density at radius 2 is 1.96 bits per heavy atom. The van der Waals surface area contributed by atoms with E-state index in [2.05, 4.69) is 48.3 Å². The maximum atomic E-state index is 12.6. The van der Waals surface area contributed by atoms with E-state index in [-0.39, 0.29) is 24.0 Å². The number of fused-ring (bicyclic) bond motifs is 3. The number of benzene rings is 1. The normalized spacial score (nSPS) is 33.8. The summed E-state index contributed by atoms with van der Waals surface area (Å²) < 4.78 is 0. The average Bonchev–Trinajstić information content (AvgIpc) is 3.09. The van der Waals surface area contributed by atoms with Crippen LogP contribution in [0.4, 0.5) is 0 Å². The first-order valence-corrected chi connectivity index (χ1v) is 9.82. The molecule has 0 spiro atoms. The van der Waals surface area contributed by atoms with Crippen molar-refractivity contribution in [1.82, 2.24) is 10.2 Å². The first kappa shape index (κ1) is 17.0. The number of aliphatic hydroxyl groups excluding tert-OH is 1. The molecule has 136 valence electrons. The Bertz CT molecular complexity index is 639. The highest BCUT2D eigenvalue weighted by Gasteiger charge is 2.47. The van der Waals surface area contributed by atoms with Gasteiger partial charge in [-0.05, 0) is 42.9 Å². The number of hydrogen-bond donors (Lipinski definition) is 2. The number of amides is 1. The van der Waals surface area contributed by atoms with Crippen LogP contribution >= 0.6 is 0 Å². The lowest BCUT2D eigenvalue weighted by molar-refractivity contribution is -0.132. The minimum Gasteiger partial charge on any atom is -0.393 e. The number of hydrogen-bond acceptors (Lipinski definition) is 3. The SMILES string of the molecule is CC(C)CCN1C[C@@H]2[C@H](NC(=O)C3CC(O)C3)c3ccccc3[C@@H]2C1. The number of carbonyl (C=O) groups is 1. The molecule has 3 atom stereocenters. The van der Waals surface area contributed by atoms with Crippen LogP contribution in [0, 0.1) is 17.8 Å². The molecule has 0 radical (unpaired) electrons. The van der Waals surface area contributed by atoms with Crippen molar-refractivity contribution in [3.05, 3.63) is 35.4 Å². The molecule has 0 bridgehead atoms. The topological polar surface area (TPSA) is 52.6 Å². The Morgan fingerprint density at radius 1 is 1.24 bits per heavy atom. The van der Waals surface area contributed by atoms with E-state index in [1.165, 1.54) is 17.5 Å². The Kier molecular flexibility index (Phi) is 4.59. The lowest BCUT2D eigenvalue weighted by Gasteiger charge is -2.32. The van der Waals surface area contributed by atoms with Crippen LogP contribution in [0.2, 0.25) is 0 Å². The summed E-state index contributed by atoms with van der Waals surface area (Å²) in [6, 6.07) is 8.78. The zero-order chi connectivity index (χ0) is 17.6. The predicted molar refractivity (Wildman–Crippen MR) is 98.2 cm³/mol. The number of nitrogens with zero attached hydrogens (tertiary/aromatic N) is 1. The molecule has 1 saturated carbocycles. The molecule has 4 nitrogen and oxygen atoms in total. The molecule has 2 N–H and O–H groups in total. The minimum absolute atomic E-state index is 0.000315. The van der Waals surface area contributed by atoms with Crippen molar-refractivity contribution in [2.24, 2.45) is 17.8 Å². The van der Waals surface area contributed by atoms with E-state index in [1.54, 1.807) is 0 Å². The van der Waals surface area contributed by atoms with E-state index < -0.39 is 0 Å². The summed E-state index contributed by atoms with van der Waals surface area (Å²) in [5.41, 5.74) is 2.74. The van der Waals surface area contributed by atoms with Gasteiger partial charge in [-0.25, -0.2) is 0 Å². The van der Waals surface area contributed by atoms with Crippen molar-refractivity contribution in [2.45, 2.75) is 51.2 Å². The van der Waals surface area contributed by atoms with Gasteiger partial charge in [-0.2, -0.15) is 0 Å². The highest BCUT2D eigenvalue weighted by molar-refractivity contribution is 5.80. The minimum atomic E-state index is -0.280. The summed E-state index contributed by atoms with van der Waals surface area (Å²) in [4.78, 5) is 15.2. The lowest BCUT2D eigenvalue weighted by Crippen LogP contribution is -2.43. The van der Waals surface area contributed by atoms with Crippen molar-refractivity contribution in [3.8, 4) is 0 Å². The Labute approximate surface area is 150 Å². The fraction of sp³-hybridized carbons (Fsp3) is 0.667. The van der Waals surface area contributed by atoms with E-state index in [1.807, 2.05) is 0 Å². The maximum absolute atomic E-state index is 12.6.